The van der Waals surface area contributed by atoms with Gasteiger partial charge in [0.2, 0.25) is 0 Å². The maximum Gasteiger partial charge on any atom is 0.291 e. The second kappa shape index (κ2) is 8.31. The zero-order valence-electron chi connectivity index (χ0n) is 15.9. The van der Waals surface area contributed by atoms with Crippen LogP contribution in [0.5, 0.6) is 0 Å². The van der Waals surface area contributed by atoms with Crippen LogP contribution >= 0.6 is 11.6 Å². The van der Waals surface area contributed by atoms with Gasteiger partial charge in [0.15, 0.2) is 11.5 Å². The topological polar surface area (TPSA) is 84.5 Å². The van der Waals surface area contributed by atoms with Crippen LogP contribution in [0, 0.1) is 6.92 Å². The average molecular weight is 421 g/mol. The molecule has 0 saturated heterocycles. The molecule has 150 valence electrons. The van der Waals surface area contributed by atoms with E-state index in [4.69, 9.17) is 20.4 Å². The summed E-state index contributed by atoms with van der Waals surface area (Å²) in [4.78, 5) is 24.5. The summed E-state index contributed by atoms with van der Waals surface area (Å²) < 4.78 is 10.7. The predicted molar refractivity (Wildman–Crippen MR) is 115 cm³/mol. The van der Waals surface area contributed by atoms with Crippen LogP contribution in [0.3, 0.4) is 0 Å². The average Bonchev–Trinajstić information content (AvgIpc) is 3.44. The van der Waals surface area contributed by atoms with Gasteiger partial charge in [-0.2, -0.15) is 0 Å². The minimum Gasteiger partial charge on any atom is -0.459 e. The highest BCUT2D eigenvalue weighted by Crippen LogP contribution is 2.27. The third-order valence-corrected chi connectivity index (χ3v) is 4.84. The minimum absolute atomic E-state index is 0.178. The number of amides is 2. The van der Waals surface area contributed by atoms with E-state index in [1.165, 1.54) is 6.26 Å². The third-order valence-electron chi connectivity index (χ3n) is 4.43. The number of rotatable bonds is 5. The molecule has 0 fully saturated rings. The summed E-state index contributed by atoms with van der Waals surface area (Å²) in [5.74, 6) is 0.216. The van der Waals surface area contributed by atoms with Gasteiger partial charge >= 0.3 is 0 Å². The Morgan fingerprint density at radius 3 is 2.10 bits per heavy atom. The molecule has 2 heterocycles. The summed E-state index contributed by atoms with van der Waals surface area (Å²) >= 11 is 6.16. The zero-order valence-corrected chi connectivity index (χ0v) is 16.7. The van der Waals surface area contributed by atoms with Gasteiger partial charge < -0.3 is 19.5 Å². The molecule has 30 heavy (non-hydrogen) atoms. The van der Waals surface area contributed by atoms with E-state index >= 15 is 0 Å². The summed E-state index contributed by atoms with van der Waals surface area (Å²) in [6.45, 7) is 1.92. The first-order valence-electron chi connectivity index (χ1n) is 9.12. The van der Waals surface area contributed by atoms with Gasteiger partial charge in [-0.1, -0.05) is 23.7 Å². The van der Waals surface area contributed by atoms with E-state index < -0.39 is 0 Å². The first-order chi connectivity index (χ1) is 14.5. The molecule has 0 atom stereocenters. The Kier molecular flexibility index (Phi) is 5.41. The fourth-order valence-corrected chi connectivity index (χ4v) is 2.97. The molecule has 0 bridgehead atoms. The minimum atomic E-state index is -0.383. The molecule has 0 aliphatic heterocycles. The van der Waals surface area contributed by atoms with Crippen LogP contribution in [0.15, 0.2) is 81.8 Å². The summed E-state index contributed by atoms with van der Waals surface area (Å²) in [6, 6.07) is 18.8. The number of benzene rings is 2. The number of hydrogen-bond donors (Lipinski definition) is 2. The SMILES string of the molecule is Cc1ccc(-c2ccc(C(=O)Nc3ccc(NC(=O)c4ccco4)cc3)o2)cc1Cl. The highest BCUT2D eigenvalue weighted by Gasteiger charge is 2.14. The van der Waals surface area contributed by atoms with Crippen LogP contribution in [-0.2, 0) is 0 Å². The van der Waals surface area contributed by atoms with Crippen LogP contribution in [0.4, 0.5) is 11.4 Å². The first-order valence-corrected chi connectivity index (χ1v) is 9.50. The van der Waals surface area contributed by atoms with Crippen molar-refractivity contribution >= 4 is 34.8 Å². The van der Waals surface area contributed by atoms with Crippen molar-refractivity contribution in [2.75, 3.05) is 10.6 Å². The van der Waals surface area contributed by atoms with Crippen molar-refractivity contribution in [1.82, 2.24) is 0 Å². The molecule has 6 nitrogen and oxygen atoms in total. The highest BCUT2D eigenvalue weighted by molar-refractivity contribution is 6.31. The van der Waals surface area contributed by atoms with Crippen molar-refractivity contribution in [2.45, 2.75) is 6.92 Å². The molecule has 7 heteroatoms. The van der Waals surface area contributed by atoms with Crippen molar-refractivity contribution in [3.05, 3.63) is 95.1 Å². The van der Waals surface area contributed by atoms with Gasteiger partial charge in [0, 0.05) is 22.0 Å². The third kappa shape index (κ3) is 4.29. The lowest BCUT2D eigenvalue weighted by Gasteiger charge is -2.06. The quantitative estimate of drug-likeness (QED) is 0.414. The van der Waals surface area contributed by atoms with Gasteiger partial charge in [0.05, 0.1) is 6.26 Å². The van der Waals surface area contributed by atoms with E-state index in [1.54, 1.807) is 54.6 Å². The Morgan fingerprint density at radius 1 is 0.833 bits per heavy atom. The van der Waals surface area contributed by atoms with Gasteiger partial charge in [-0.15, -0.1) is 0 Å². The summed E-state index contributed by atoms with van der Waals surface area (Å²) in [7, 11) is 0. The van der Waals surface area contributed by atoms with Gasteiger partial charge in [0.25, 0.3) is 11.8 Å². The molecule has 4 aromatic rings. The van der Waals surface area contributed by atoms with Crippen molar-refractivity contribution in [1.29, 1.82) is 0 Å². The number of carbonyl (C=O) groups excluding carboxylic acids is 2. The number of furan rings is 2. The number of anilines is 2. The molecule has 0 spiro atoms. The van der Waals surface area contributed by atoms with E-state index in [2.05, 4.69) is 10.6 Å². The van der Waals surface area contributed by atoms with Crippen LogP contribution in [0.1, 0.15) is 26.7 Å². The number of halogens is 1. The lowest BCUT2D eigenvalue weighted by atomic mass is 10.1. The lowest BCUT2D eigenvalue weighted by Crippen LogP contribution is -2.12. The van der Waals surface area contributed by atoms with Crippen molar-refractivity contribution < 1.29 is 18.4 Å². The fraction of sp³-hybridized carbons (Fsp3) is 0.0435. The molecule has 0 radical (unpaired) electrons. The Labute approximate surface area is 177 Å². The van der Waals surface area contributed by atoms with Crippen LogP contribution in [0.25, 0.3) is 11.3 Å². The van der Waals surface area contributed by atoms with E-state index in [0.29, 0.717) is 22.2 Å². The largest absolute Gasteiger partial charge is 0.459 e. The predicted octanol–water partition coefficient (Wildman–Crippen LogP) is 6.01. The number of nitrogens with one attached hydrogen (secondary N) is 2. The monoisotopic (exact) mass is 420 g/mol. The molecule has 0 saturated carbocycles. The van der Waals surface area contributed by atoms with E-state index in [9.17, 15) is 9.59 Å². The maximum absolute atomic E-state index is 12.5. The van der Waals surface area contributed by atoms with Gasteiger partial charge in [-0.3, -0.25) is 9.59 Å². The Hall–Kier alpha value is -3.77. The van der Waals surface area contributed by atoms with Gasteiger partial charge in [-0.25, -0.2) is 0 Å². The second-order valence-electron chi connectivity index (χ2n) is 6.59. The van der Waals surface area contributed by atoms with Crippen molar-refractivity contribution in [3.8, 4) is 11.3 Å². The Bertz CT molecular complexity index is 1190. The summed E-state index contributed by atoms with van der Waals surface area (Å²) in [5, 5.41) is 6.11. The Morgan fingerprint density at radius 2 is 1.50 bits per heavy atom. The molecular weight excluding hydrogens is 404 g/mol. The van der Waals surface area contributed by atoms with E-state index in [0.717, 1.165) is 11.1 Å². The summed E-state index contributed by atoms with van der Waals surface area (Å²) in [5.41, 5.74) is 2.90. The zero-order chi connectivity index (χ0) is 21.1. The number of hydrogen-bond acceptors (Lipinski definition) is 4. The molecule has 4 rings (SSSR count). The standard InChI is InChI=1S/C23H17ClN2O4/c1-14-4-5-15(13-18(14)24)19-10-11-21(30-19)23(28)26-17-8-6-16(7-9-17)25-22(27)20-3-2-12-29-20/h2-13H,1H3,(H,25,27)(H,26,28). The van der Waals surface area contributed by atoms with Crippen LogP contribution < -0.4 is 10.6 Å². The van der Waals surface area contributed by atoms with Crippen molar-refractivity contribution in [3.63, 3.8) is 0 Å². The number of aryl methyl sites for hydroxylation is 1. The molecule has 0 aliphatic carbocycles. The molecule has 2 aromatic carbocycles. The molecule has 0 unspecified atom stereocenters. The normalized spacial score (nSPS) is 10.6. The van der Waals surface area contributed by atoms with E-state index in [-0.39, 0.29) is 23.3 Å². The summed E-state index contributed by atoms with van der Waals surface area (Å²) in [6.07, 6.45) is 1.43. The van der Waals surface area contributed by atoms with Crippen LogP contribution in [0.2, 0.25) is 5.02 Å². The lowest BCUT2D eigenvalue weighted by molar-refractivity contribution is 0.0989. The molecule has 2 amide bonds. The van der Waals surface area contributed by atoms with Crippen LogP contribution in [-0.4, -0.2) is 11.8 Å². The fourth-order valence-electron chi connectivity index (χ4n) is 2.79. The molecular formula is C23H17ClN2O4. The number of carbonyl (C=O) groups is 2. The van der Waals surface area contributed by atoms with Gasteiger partial charge in [-0.05, 0) is 67.1 Å². The smallest absolute Gasteiger partial charge is 0.291 e. The first kappa shape index (κ1) is 19.5. The highest BCUT2D eigenvalue weighted by atomic mass is 35.5. The molecule has 2 N–H and O–H groups in total. The van der Waals surface area contributed by atoms with Crippen molar-refractivity contribution in [2.24, 2.45) is 0 Å². The van der Waals surface area contributed by atoms with E-state index in [1.807, 2.05) is 19.1 Å². The molecule has 2 aromatic heterocycles. The maximum atomic E-state index is 12.5. The second-order valence-corrected chi connectivity index (χ2v) is 7.00. The van der Waals surface area contributed by atoms with Gasteiger partial charge in [0.1, 0.15) is 5.76 Å². The molecule has 0 aliphatic rings. The Balaban J connectivity index is 1.41.